The SMILES string of the molecule is Cc1cc(O)c(Cl)cc1OCc1c(OC(F)(F)F)cccc1N(N)C(=O)N(C)N. The molecule has 0 aliphatic heterocycles. The molecule has 2 aromatic rings. The first kappa shape index (κ1) is 22.4. The number of carbonyl (C=O) groups excluding carboxylic acids is 1. The third-order valence-electron chi connectivity index (χ3n) is 3.72. The highest BCUT2D eigenvalue weighted by atomic mass is 35.5. The number of aromatic hydroxyl groups is 1. The maximum atomic E-state index is 12.8. The number of hydrazine groups is 2. The van der Waals surface area contributed by atoms with E-state index < -0.39 is 24.7 Å². The Morgan fingerprint density at radius 2 is 1.90 bits per heavy atom. The second kappa shape index (κ2) is 8.64. The van der Waals surface area contributed by atoms with Gasteiger partial charge in [-0.25, -0.2) is 21.5 Å². The summed E-state index contributed by atoms with van der Waals surface area (Å²) >= 11 is 5.85. The Labute approximate surface area is 168 Å². The van der Waals surface area contributed by atoms with E-state index in [-0.39, 0.29) is 27.8 Å². The normalized spacial score (nSPS) is 11.2. The maximum Gasteiger partial charge on any atom is 0.573 e. The van der Waals surface area contributed by atoms with Gasteiger partial charge in [-0.05, 0) is 30.7 Å². The number of hydrogen-bond acceptors (Lipinski definition) is 6. The molecule has 0 radical (unpaired) electrons. The zero-order chi connectivity index (χ0) is 21.9. The lowest BCUT2D eigenvalue weighted by atomic mass is 10.1. The molecule has 8 nitrogen and oxygen atoms in total. The summed E-state index contributed by atoms with van der Waals surface area (Å²) < 4.78 is 48.1. The largest absolute Gasteiger partial charge is 0.573 e. The molecule has 0 unspecified atom stereocenters. The van der Waals surface area contributed by atoms with Crippen molar-refractivity contribution in [3.63, 3.8) is 0 Å². The quantitative estimate of drug-likeness (QED) is 0.377. The van der Waals surface area contributed by atoms with Crippen LogP contribution in [0.1, 0.15) is 11.1 Å². The van der Waals surface area contributed by atoms with Crippen LogP contribution in [0.4, 0.5) is 23.7 Å². The van der Waals surface area contributed by atoms with Crippen LogP contribution in [0.5, 0.6) is 17.2 Å². The number of hydrogen-bond donors (Lipinski definition) is 3. The number of rotatable bonds is 5. The zero-order valence-corrected chi connectivity index (χ0v) is 16.1. The second-order valence-corrected chi connectivity index (χ2v) is 6.33. The average Bonchev–Trinajstić information content (AvgIpc) is 2.61. The van der Waals surface area contributed by atoms with Gasteiger partial charge in [-0.1, -0.05) is 17.7 Å². The van der Waals surface area contributed by atoms with Crippen molar-refractivity contribution in [1.29, 1.82) is 0 Å². The van der Waals surface area contributed by atoms with E-state index in [1.54, 1.807) is 6.92 Å². The first-order chi connectivity index (χ1) is 13.4. The van der Waals surface area contributed by atoms with E-state index in [1.165, 1.54) is 31.3 Å². The van der Waals surface area contributed by atoms with E-state index >= 15 is 0 Å². The lowest BCUT2D eigenvalue weighted by molar-refractivity contribution is -0.275. The molecule has 29 heavy (non-hydrogen) atoms. The predicted molar refractivity (Wildman–Crippen MR) is 99.3 cm³/mol. The summed E-state index contributed by atoms with van der Waals surface area (Å²) in [7, 11) is 1.22. The summed E-state index contributed by atoms with van der Waals surface area (Å²) in [5, 5.41) is 10.8. The number of phenols is 1. The number of nitrogens with zero attached hydrogens (tertiary/aromatic N) is 2. The van der Waals surface area contributed by atoms with Crippen molar-refractivity contribution in [3.8, 4) is 17.2 Å². The predicted octanol–water partition coefficient (Wildman–Crippen LogP) is 3.44. The number of nitrogens with two attached hydrogens (primary N) is 2. The molecule has 0 aliphatic carbocycles. The van der Waals surface area contributed by atoms with E-state index in [0.717, 1.165) is 6.07 Å². The fraction of sp³-hybridized carbons (Fsp3) is 0.235. The first-order valence-electron chi connectivity index (χ1n) is 7.97. The molecule has 0 aromatic heterocycles. The second-order valence-electron chi connectivity index (χ2n) is 5.92. The smallest absolute Gasteiger partial charge is 0.506 e. The van der Waals surface area contributed by atoms with Crippen molar-refractivity contribution in [2.45, 2.75) is 19.9 Å². The fourth-order valence-corrected chi connectivity index (χ4v) is 2.53. The van der Waals surface area contributed by atoms with Crippen molar-refractivity contribution < 1.29 is 32.5 Å². The van der Waals surface area contributed by atoms with Crippen LogP contribution < -0.4 is 26.2 Å². The van der Waals surface area contributed by atoms with Gasteiger partial charge in [0.05, 0.1) is 16.3 Å². The topological polar surface area (TPSA) is 114 Å². The Balaban J connectivity index is 2.46. The molecule has 5 N–H and O–H groups in total. The van der Waals surface area contributed by atoms with Gasteiger partial charge in [0.1, 0.15) is 23.9 Å². The number of urea groups is 1. The summed E-state index contributed by atoms with van der Waals surface area (Å²) in [5.41, 5.74) is 0.202. The monoisotopic (exact) mass is 434 g/mol. The molecule has 0 fully saturated rings. The number of alkyl halides is 3. The van der Waals surface area contributed by atoms with E-state index in [2.05, 4.69) is 4.74 Å². The van der Waals surface area contributed by atoms with Gasteiger partial charge in [0.25, 0.3) is 0 Å². The Hall–Kier alpha value is -2.89. The van der Waals surface area contributed by atoms with E-state index in [0.29, 0.717) is 15.6 Å². The van der Waals surface area contributed by atoms with Crippen LogP contribution in [0.25, 0.3) is 0 Å². The van der Waals surface area contributed by atoms with Crippen molar-refractivity contribution in [1.82, 2.24) is 5.01 Å². The van der Waals surface area contributed by atoms with Crippen LogP contribution in [0.2, 0.25) is 5.02 Å². The molecule has 2 amide bonds. The molecule has 0 aliphatic rings. The van der Waals surface area contributed by atoms with Gasteiger partial charge in [0.15, 0.2) is 0 Å². The third kappa shape index (κ3) is 5.56. The van der Waals surface area contributed by atoms with E-state index in [4.69, 9.17) is 28.0 Å². The van der Waals surface area contributed by atoms with Gasteiger partial charge >= 0.3 is 12.4 Å². The summed E-state index contributed by atoms with van der Waals surface area (Å²) in [4.78, 5) is 12.1. The molecule has 0 heterocycles. The number of ether oxygens (including phenoxy) is 2. The number of phenolic OH excluding ortho intramolecular Hbond substituents is 1. The lowest BCUT2D eigenvalue weighted by Crippen LogP contribution is -2.49. The minimum atomic E-state index is -4.99. The molecule has 2 aromatic carbocycles. The maximum absolute atomic E-state index is 12.8. The molecular weight excluding hydrogens is 417 g/mol. The van der Waals surface area contributed by atoms with Crippen molar-refractivity contribution in [2.24, 2.45) is 11.7 Å². The van der Waals surface area contributed by atoms with Crippen molar-refractivity contribution in [3.05, 3.63) is 46.5 Å². The van der Waals surface area contributed by atoms with Crippen LogP contribution in [-0.4, -0.2) is 29.6 Å². The fourth-order valence-electron chi connectivity index (χ4n) is 2.37. The lowest BCUT2D eigenvalue weighted by Gasteiger charge is -2.25. The number of carbonyl (C=O) groups is 1. The molecule has 0 atom stereocenters. The summed E-state index contributed by atoms with van der Waals surface area (Å²) in [6.07, 6.45) is -4.99. The highest BCUT2D eigenvalue weighted by molar-refractivity contribution is 6.32. The van der Waals surface area contributed by atoms with Crippen LogP contribution >= 0.6 is 11.6 Å². The van der Waals surface area contributed by atoms with Crippen LogP contribution in [-0.2, 0) is 6.61 Å². The molecule has 0 spiro atoms. The van der Waals surface area contributed by atoms with Crippen LogP contribution in [0, 0.1) is 6.92 Å². The molecule has 0 saturated heterocycles. The number of amides is 2. The first-order valence-corrected chi connectivity index (χ1v) is 8.35. The Bertz CT molecular complexity index is 909. The third-order valence-corrected chi connectivity index (χ3v) is 4.02. The summed E-state index contributed by atoms with van der Waals surface area (Å²) in [5.74, 6) is 10.5. The number of anilines is 1. The minimum absolute atomic E-state index is 0.00830. The number of benzene rings is 2. The van der Waals surface area contributed by atoms with E-state index in [9.17, 15) is 23.1 Å². The Morgan fingerprint density at radius 1 is 1.24 bits per heavy atom. The zero-order valence-electron chi connectivity index (χ0n) is 15.3. The standard InChI is InChI=1S/C17H18ClF3N4O4/c1-9-6-13(26)11(18)7-15(9)28-8-10-12(25(23)16(27)24(2)22)4-3-5-14(10)29-17(19,20)21/h3-7,26H,8,22-23H2,1-2H3. The van der Waals surface area contributed by atoms with Gasteiger partial charge in [-0.3, -0.25) is 5.01 Å². The van der Waals surface area contributed by atoms with Crippen LogP contribution in [0.15, 0.2) is 30.3 Å². The Morgan fingerprint density at radius 3 is 2.48 bits per heavy atom. The molecule has 2 rings (SSSR count). The number of halogens is 4. The number of aryl methyl sites for hydroxylation is 1. The molecule has 158 valence electrons. The van der Waals surface area contributed by atoms with Gasteiger partial charge in [-0.2, -0.15) is 0 Å². The highest BCUT2D eigenvalue weighted by Crippen LogP contribution is 2.36. The van der Waals surface area contributed by atoms with Gasteiger partial charge in [-0.15, -0.1) is 13.2 Å². The molecule has 0 bridgehead atoms. The Kier molecular flexibility index (Phi) is 6.67. The molecule has 12 heteroatoms. The average molecular weight is 435 g/mol. The summed E-state index contributed by atoms with van der Waals surface area (Å²) in [6.45, 7) is 1.14. The van der Waals surface area contributed by atoms with E-state index in [1.807, 2.05) is 0 Å². The highest BCUT2D eigenvalue weighted by Gasteiger charge is 2.33. The van der Waals surface area contributed by atoms with Gasteiger partial charge in [0, 0.05) is 13.1 Å². The van der Waals surface area contributed by atoms with Crippen molar-refractivity contribution >= 4 is 23.3 Å². The van der Waals surface area contributed by atoms with Gasteiger partial charge in [0.2, 0.25) is 0 Å². The minimum Gasteiger partial charge on any atom is -0.506 e. The van der Waals surface area contributed by atoms with Crippen LogP contribution in [0.3, 0.4) is 0 Å². The molecule has 0 saturated carbocycles. The molecular formula is C17H18ClF3N4O4. The van der Waals surface area contributed by atoms with Gasteiger partial charge < -0.3 is 14.6 Å². The summed E-state index contributed by atoms with van der Waals surface area (Å²) in [6, 6.07) is 5.33. The van der Waals surface area contributed by atoms with Crippen molar-refractivity contribution in [2.75, 3.05) is 12.1 Å².